The lowest BCUT2D eigenvalue weighted by molar-refractivity contribution is 0.103. The molecule has 4 aromatic carbocycles. The van der Waals surface area contributed by atoms with E-state index in [9.17, 15) is 9.90 Å². The third-order valence-electron chi connectivity index (χ3n) is 8.90. The molecule has 48 heavy (non-hydrogen) atoms. The van der Waals surface area contributed by atoms with Crippen LogP contribution in [0.2, 0.25) is 0 Å². The van der Waals surface area contributed by atoms with Gasteiger partial charge >= 0.3 is 0 Å². The van der Waals surface area contributed by atoms with Crippen LogP contribution in [0.4, 0.5) is 0 Å². The van der Waals surface area contributed by atoms with Gasteiger partial charge in [-0.3, -0.25) is 4.79 Å². The van der Waals surface area contributed by atoms with E-state index in [0.717, 1.165) is 36.0 Å². The molecule has 6 nitrogen and oxygen atoms in total. The number of aromatic nitrogens is 3. The molecule has 0 fully saturated rings. The van der Waals surface area contributed by atoms with Gasteiger partial charge in [-0.2, -0.15) is 0 Å². The van der Waals surface area contributed by atoms with Gasteiger partial charge in [0, 0.05) is 11.1 Å². The lowest BCUT2D eigenvalue weighted by Crippen LogP contribution is -2.27. The summed E-state index contributed by atoms with van der Waals surface area (Å²) in [6.07, 6.45) is 8.23. The van der Waals surface area contributed by atoms with E-state index in [4.69, 9.17) is 14.9 Å². The van der Waals surface area contributed by atoms with Gasteiger partial charge in [-0.15, -0.1) is 15.0 Å². The zero-order chi connectivity index (χ0) is 34.3. The second kappa shape index (κ2) is 15.2. The highest BCUT2D eigenvalue weighted by atomic mass is 16.5. The fourth-order valence-electron chi connectivity index (χ4n) is 6.94. The first-order valence-electron chi connectivity index (χ1n) is 17.5. The number of hydrogen-bond acceptors (Lipinski definition) is 5. The Morgan fingerprint density at radius 2 is 1.38 bits per heavy atom. The van der Waals surface area contributed by atoms with E-state index >= 15 is 0 Å². The van der Waals surface area contributed by atoms with Crippen molar-refractivity contribution in [1.29, 1.82) is 0 Å². The van der Waals surface area contributed by atoms with Crippen molar-refractivity contribution in [1.82, 2.24) is 15.0 Å². The molecule has 0 saturated heterocycles. The van der Waals surface area contributed by atoms with E-state index in [2.05, 4.69) is 53.7 Å². The summed E-state index contributed by atoms with van der Waals surface area (Å²) >= 11 is 0. The summed E-state index contributed by atoms with van der Waals surface area (Å²) in [6, 6.07) is 27.3. The van der Waals surface area contributed by atoms with Gasteiger partial charge in [0.05, 0.1) is 12.2 Å². The average molecular weight is 646 g/mol. The van der Waals surface area contributed by atoms with Crippen LogP contribution in [0.15, 0.2) is 84.9 Å². The molecule has 5 aromatic rings. The maximum absolute atomic E-state index is 14.6. The number of aromatic hydroxyl groups is 1. The van der Waals surface area contributed by atoms with Crippen molar-refractivity contribution in [3.8, 4) is 17.2 Å². The lowest BCUT2D eigenvalue weighted by Gasteiger charge is -2.35. The number of nitrogens with zero attached hydrogens (tertiary/aromatic N) is 3. The monoisotopic (exact) mass is 645 g/mol. The second-order valence-electron chi connectivity index (χ2n) is 14.9. The second-order valence-corrected chi connectivity index (χ2v) is 14.9. The Balaban J connectivity index is 1.67. The molecular formula is C42H51N3O3. The Kier molecular flexibility index (Phi) is 11.0. The van der Waals surface area contributed by atoms with Crippen molar-refractivity contribution in [3.63, 3.8) is 0 Å². The average Bonchev–Trinajstić information content (AvgIpc) is 3.47. The van der Waals surface area contributed by atoms with Crippen LogP contribution in [0.3, 0.4) is 0 Å². The molecule has 1 N–H and O–H groups in total. The zero-order valence-electron chi connectivity index (χ0n) is 29.6. The standard InChI is InChI=1S/C42H51N3O3/c1-7-8-9-10-11-19-26-48-40-34(42(5,6)29-41(2,3)4)28-33(39(47)37(40)45-43-35-24-17-18-25-36(35)44-45)38(46)32-23-16-15-22-31(32)27-30-20-13-12-14-21-30/h12-18,20-25,28,47H,7-11,19,26-27,29H2,1-6H3. The predicted octanol–water partition coefficient (Wildman–Crippen LogP) is 10.4. The highest BCUT2D eigenvalue weighted by molar-refractivity contribution is 6.12. The molecular weight excluding hydrogens is 594 g/mol. The van der Waals surface area contributed by atoms with Crippen LogP contribution in [-0.4, -0.2) is 32.5 Å². The molecule has 5 rings (SSSR count). The Hall–Kier alpha value is -4.45. The Morgan fingerprint density at radius 1 is 0.771 bits per heavy atom. The lowest BCUT2D eigenvalue weighted by atomic mass is 9.71. The maximum Gasteiger partial charge on any atom is 0.197 e. The topological polar surface area (TPSA) is 77.2 Å². The van der Waals surface area contributed by atoms with Gasteiger partial charge in [-0.25, -0.2) is 0 Å². The molecule has 1 aromatic heterocycles. The number of rotatable bonds is 15. The van der Waals surface area contributed by atoms with Crippen LogP contribution in [0.25, 0.3) is 16.7 Å². The van der Waals surface area contributed by atoms with Gasteiger partial charge in [-0.05, 0) is 59.4 Å². The van der Waals surface area contributed by atoms with E-state index in [0.29, 0.717) is 41.1 Å². The molecule has 0 bridgehead atoms. The van der Waals surface area contributed by atoms with Crippen molar-refractivity contribution in [2.24, 2.45) is 5.41 Å². The predicted molar refractivity (Wildman–Crippen MR) is 196 cm³/mol. The number of phenolic OH excluding ortho intramolecular Hbond substituents is 1. The quantitative estimate of drug-likeness (QED) is 0.0905. The molecule has 0 aliphatic carbocycles. The number of carbonyl (C=O) groups excluding carboxylic acids is 1. The van der Waals surface area contributed by atoms with Gasteiger partial charge in [-0.1, -0.05) is 140 Å². The van der Waals surface area contributed by atoms with Crippen LogP contribution in [0.1, 0.15) is 119 Å². The zero-order valence-corrected chi connectivity index (χ0v) is 29.6. The number of benzene rings is 4. The number of ether oxygens (including phenoxy) is 1. The molecule has 0 saturated carbocycles. The first kappa shape index (κ1) is 34.9. The van der Waals surface area contributed by atoms with Crippen LogP contribution >= 0.6 is 0 Å². The van der Waals surface area contributed by atoms with Gasteiger partial charge in [0.25, 0.3) is 0 Å². The molecule has 6 heteroatoms. The summed E-state index contributed by atoms with van der Waals surface area (Å²) in [6.45, 7) is 13.8. The minimum atomic E-state index is -0.414. The minimum Gasteiger partial charge on any atom is -0.505 e. The highest BCUT2D eigenvalue weighted by Gasteiger charge is 2.36. The fraction of sp³-hybridized carbons (Fsp3) is 0.405. The summed E-state index contributed by atoms with van der Waals surface area (Å²) < 4.78 is 6.68. The fourth-order valence-corrected chi connectivity index (χ4v) is 6.94. The Morgan fingerprint density at radius 3 is 2.04 bits per heavy atom. The third-order valence-corrected chi connectivity index (χ3v) is 8.90. The van der Waals surface area contributed by atoms with Crippen molar-refractivity contribution in [2.45, 2.75) is 98.3 Å². The molecule has 0 atom stereocenters. The summed E-state index contributed by atoms with van der Waals surface area (Å²) in [7, 11) is 0. The Bertz CT molecular complexity index is 1800. The van der Waals surface area contributed by atoms with Crippen LogP contribution in [0, 0.1) is 5.41 Å². The molecule has 0 radical (unpaired) electrons. The van der Waals surface area contributed by atoms with Crippen LogP contribution < -0.4 is 4.74 Å². The molecule has 0 aliphatic rings. The van der Waals surface area contributed by atoms with Crippen LogP contribution in [0.5, 0.6) is 11.5 Å². The molecule has 0 amide bonds. The summed E-state index contributed by atoms with van der Waals surface area (Å²) in [5.41, 5.74) is 4.92. The third kappa shape index (κ3) is 8.33. The normalized spacial score (nSPS) is 12.0. The van der Waals surface area contributed by atoms with Crippen molar-refractivity contribution >= 4 is 16.8 Å². The molecule has 1 heterocycles. The molecule has 0 spiro atoms. The van der Waals surface area contributed by atoms with Gasteiger partial charge in [0.15, 0.2) is 23.0 Å². The first-order valence-corrected chi connectivity index (χ1v) is 17.5. The number of carbonyl (C=O) groups is 1. The van der Waals surface area contributed by atoms with E-state index in [1.165, 1.54) is 30.5 Å². The van der Waals surface area contributed by atoms with Crippen molar-refractivity contribution < 1.29 is 14.6 Å². The van der Waals surface area contributed by atoms with Gasteiger partial charge < -0.3 is 9.84 Å². The minimum absolute atomic E-state index is 0.0107. The van der Waals surface area contributed by atoms with Crippen LogP contribution in [-0.2, 0) is 11.8 Å². The van der Waals surface area contributed by atoms with Crippen molar-refractivity contribution in [2.75, 3.05) is 6.61 Å². The number of ketones is 1. The van der Waals surface area contributed by atoms with Crippen molar-refractivity contribution in [3.05, 3.63) is 113 Å². The van der Waals surface area contributed by atoms with Gasteiger partial charge in [0.2, 0.25) is 0 Å². The van der Waals surface area contributed by atoms with E-state index in [1.807, 2.05) is 72.8 Å². The van der Waals surface area contributed by atoms with Gasteiger partial charge in [0.1, 0.15) is 11.0 Å². The smallest absolute Gasteiger partial charge is 0.197 e. The summed E-state index contributed by atoms with van der Waals surface area (Å²) in [5.74, 6) is 0.111. The van der Waals surface area contributed by atoms with E-state index in [-0.39, 0.29) is 22.5 Å². The number of unbranched alkanes of at least 4 members (excludes halogenated alkanes) is 5. The largest absolute Gasteiger partial charge is 0.505 e. The SMILES string of the molecule is CCCCCCCCOc1c(C(C)(C)CC(C)(C)C)cc(C(=O)c2ccccc2Cc2ccccc2)c(O)c1-n1nc2ccccc2n1. The number of phenols is 1. The highest BCUT2D eigenvalue weighted by Crippen LogP contribution is 2.47. The molecule has 0 aliphatic heterocycles. The van der Waals surface area contributed by atoms with E-state index in [1.54, 1.807) is 0 Å². The molecule has 0 unspecified atom stereocenters. The summed E-state index contributed by atoms with van der Waals surface area (Å²) in [5, 5.41) is 21.7. The Labute approximate surface area is 286 Å². The number of fused-ring (bicyclic) bond motifs is 1. The van der Waals surface area contributed by atoms with E-state index < -0.39 is 5.41 Å². The molecule has 252 valence electrons. The maximum atomic E-state index is 14.6. The first-order chi connectivity index (χ1) is 23.0. The summed E-state index contributed by atoms with van der Waals surface area (Å²) in [4.78, 5) is 16.1. The number of hydrogen-bond donors (Lipinski definition) is 1.